The molecular formula is C28H29IN4O5. The average molecular weight is 628 g/mol. The highest BCUT2D eigenvalue weighted by Crippen LogP contribution is 2.33. The van der Waals surface area contributed by atoms with Gasteiger partial charge in [-0.1, -0.05) is 44.2 Å². The number of carbonyl (C=O) groups is 3. The third kappa shape index (κ3) is 8.04. The molecule has 0 saturated carbocycles. The van der Waals surface area contributed by atoms with Crippen LogP contribution >= 0.6 is 22.6 Å². The second kappa shape index (κ2) is 14.1. The van der Waals surface area contributed by atoms with Crippen LogP contribution in [0, 0.1) is 3.57 Å². The normalized spacial score (nSPS) is 10.6. The fraction of sp³-hybridized carbons (Fsp3) is 0.214. The molecule has 9 nitrogen and oxygen atoms in total. The molecular weight excluding hydrogens is 599 g/mol. The molecule has 0 aliphatic rings. The Morgan fingerprint density at radius 3 is 2.37 bits per heavy atom. The van der Waals surface area contributed by atoms with E-state index in [1.54, 1.807) is 24.3 Å². The van der Waals surface area contributed by atoms with Gasteiger partial charge in [0, 0.05) is 11.4 Å². The number of hydrogen-bond donors (Lipinski definition) is 3. The Bertz CT molecular complexity index is 1330. The van der Waals surface area contributed by atoms with Crippen molar-refractivity contribution in [1.29, 1.82) is 0 Å². The molecule has 3 rings (SSSR count). The summed E-state index contributed by atoms with van der Waals surface area (Å²) in [6.07, 6.45) is 3.02. The van der Waals surface area contributed by atoms with Crippen molar-refractivity contribution in [2.75, 3.05) is 24.4 Å². The smallest absolute Gasteiger partial charge is 0.329 e. The highest BCUT2D eigenvalue weighted by molar-refractivity contribution is 14.1. The summed E-state index contributed by atoms with van der Waals surface area (Å²) in [5.74, 6) is -1.23. The van der Waals surface area contributed by atoms with Gasteiger partial charge in [0.2, 0.25) is 0 Å². The Balaban J connectivity index is 1.57. The summed E-state index contributed by atoms with van der Waals surface area (Å²) in [5.41, 5.74) is 6.19. The van der Waals surface area contributed by atoms with Gasteiger partial charge in [0.15, 0.2) is 18.1 Å². The van der Waals surface area contributed by atoms with E-state index >= 15 is 0 Å². The molecule has 0 bridgehead atoms. The molecule has 38 heavy (non-hydrogen) atoms. The summed E-state index contributed by atoms with van der Waals surface area (Å²) >= 11 is 2.06. The topological polar surface area (TPSA) is 118 Å². The molecule has 0 fully saturated rings. The molecule has 0 radical (unpaired) electrons. The van der Waals surface area contributed by atoms with Gasteiger partial charge in [-0.3, -0.25) is 14.4 Å². The van der Waals surface area contributed by atoms with Gasteiger partial charge < -0.3 is 20.1 Å². The van der Waals surface area contributed by atoms with Crippen LogP contribution in [0.2, 0.25) is 0 Å². The van der Waals surface area contributed by atoms with Crippen molar-refractivity contribution in [2.45, 2.75) is 26.7 Å². The molecule has 0 aliphatic heterocycles. The predicted molar refractivity (Wildman–Crippen MR) is 156 cm³/mol. The van der Waals surface area contributed by atoms with Gasteiger partial charge in [0.1, 0.15) is 0 Å². The fourth-order valence-electron chi connectivity index (χ4n) is 3.46. The van der Waals surface area contributed by atoms with Crippen molar-refractivity contribution in [3.63, 3.8) is 0 Å². The molecule has 3 aromatic carbocycles. The van der Waals surface area contributed by atoms with Crippen LogP contribution in [0.25, 0.3) is 0 Å². The first-order valence-electron chi connectivity index (χ1n) is 12.0. The molecule has 0 saturated heterocycles. The van der Waals surface area contributed by atoms with Gasteiger partial charge in [0.25, 0.3) is 5.91 Å². The molecule has 0 spiro atoms. The van der Waals surface area contributed by atoms with E-state index in [0.29, 0.717) is 38.4 Å². The van der Waals surface area contributed by atoms with Crippen molar-refractivity contribution in [3.05, 3.63) is 80.9 Å². The molecule has 3 aromatic rings. The number of amides is 3. The van der Waals surface area contributed by atoms with Gasteiger partial charge in [-0.25, -0.2) is 5.43 Å². The molecule has 0 heterocycles. The van der Waals surface area contributed by atoms with Crippen molar-refractivity contribution < 1.29 is 23.9 Å². The van der Waals surface area contributed by atoms with Crippen LogP contribution in [-0.4, -0.2) is 37.7 Å². The zero-order valence-corrected chi connectivity index (χ0v) is 23.5. The van der Waals surface area contributed by atoms with Crippen LogP contribution in [0.3, 0.4) is 0 Å². The number of nitrogens with zero attached hydrogens (tertiary/aromatic N) is 1. The lowest BCUT2D eigenvalue weighted by atomic mass is 10.1. The van der Waals surface area contributed by atoms with Crippen LogP contribution in [-0.2, 0) is 27.2 Å². The molecule has 198 valence electrons. The SMILES string of the molecule is CCc1ccc(NC(=O)COc2c(I)cc(/C=N\NC(=O)C(=O)Nc3ccccc3CC)cc2OC)cc1. The molecule has 3 N–H and O–H groups in total. The van der Waals surface area contributed by atoms with Crippen molar-refractivity contribution in [1.82, 2.24) is 5.43 Å². The lowest BCUT2D eigenvalue weighted by Gasteiger charge is -2.13. The van der Waals surface area contributed by atoms with E-state index in [1.165, 1.54) is 18.9 Å². The first-order valence-corrected chi connectivity index (χ1v) is 13.0. The summed E-state index contributed by atoms with van der Waals surface area (Å²) in [5, 5.41) is 9.27. The highest BCUT2D eigenvalue weighted by atomic mass is 127. The van der Waals surface area contributed by atoms with E-state index in [0.717, 1.165) is 12.0 Å². The van der Waals surface area contributed by atoms with Crippen LogP contribution < -0.4 is 25.5 Å². The Morgan fingerprint density at radius 1 is 0.947 bits per heavy atom. The molecule has 0 aromatic heterocycles. The quantitative estimate of drug-likeness (QED) is 0.132. The number of rotatable bonds is 10. The van der Waals surface area contributed by atoms with Crippen LogP contribution in [0.15, 0.2) is 65.8 Å². The summed E-state index contributed by atoms with van der Waals surface area (Å²) in [7, 11) is 1.48. The Morgan fingerprint density at radius 2 is 1.68 bits per heavy atom. The van der Waals surface area contributed by atoms with Crippen LogP contribution in [0.1, 0.15) is 30.5 Å². The maximum Gasteiger partial charge on any atom is 0.329 e. The monoisotopic (exact) mass is 628 g/mol. The van der Waals surface area contributed by atoms with Crippen molar-refractivity contribution in [3.8, 4) is 11.5 Å². The summed E-state index contributed by atoms with van der Waals surface area (Å²) in [6, 6.07) is 18.3. The largest absolute Gasteiger partial charge is 0.493 e. The summed E-state index contributed by atoms with van der Waals surface area (Å²) in [4.78, 5) is 36.8. The molecule has 3 amide bonds. The molecule has 0 atom stereocenters. The number of hydrazone groups is 1. The summed E-state index contributed by atoms with van der Waals surface area (Å²) in [6.45, 7) is 3.82. The fourth-order valence-corrected chi connectivity index (χ4v) is 4.24. The van der Waals surface area contributed by atoms with E-state index < -0.39 is 11.8 Å². The predicted octanol–water partition coefficient (Wildman–Crippen LogP) is 4.53. The van der Waals surface area contributed by atoms with Crippen molar-refractivity contribution >= 4 is 57.9 Å². The minimum absolute atomic E-state index is 0.207. The Labute approximate surface area is 235 Å². The first kappa shape index (κ1) is 28.6. The number of para-hydroxylation sites is 1. The first-order chi connectivity index (χ1) is 18.3. The minimum atomic E-state index is -0.899. The van der Waals surface area contributed by atoms with E-state index in [-0.39, 0.29) is 12.5 Å². The van der Waals surface area contributed by atoms with E-state index in [9.17, 15) is 14.4 Å². The number of halogens is 1. The number of benzene rings is 3. The number of carbonyl (C=O) groups excluding carboxylic acids is 3. The number of aryl methyl sites for hydroxylation is 2. The van der Waals surface area contributed by atoms with Crippen molar-refractivity contribution in [2.24, 2.45) is 5.10 Å². The van der Waals surface area contributed by atoms with Crippen LogP contribution in [0.4, 0.5) is 11.4 Å². The number of anilines is 2. The van der Waals surface area contributed by atoms with Gasteiger partial charge in [0.05, 0.1) is 16.9 Å². The van der Waals surface area contributed by atoms with Gasteiger partial charge in [-0.05, 0) is 82.5 Å². The highest BCUT2D eigenvalue weighted by Gasteiger charge is 2.15. The maximum atomic E-state index is 12.4. The molecule has 0 unspecified atom stereocenters. The maximum absolute atomic E-state index is 12.4. The number of hydrogen-bond acceptors (Lipinski definition) is 6. The standard InChI is InChI=1S/C28H29IN4O5/c1-4-18-10-12-21(13-11-18)31-25(34)17-38-26-22(29)14-19(15-24(26)37-3)16-30-33-28(36)27(35)32-23-9-7-6-8-20(23)5-2/h6-16H,4-5,17H2,1-3H3,(H,31,34)(H,32,35)(H,33,36)/b30-16-. The average Bonchev–Trinajstić information content (AvgIpc) is 2.92. The van der Waals surface area contributed by atoms with Gasteiger partial charge >= 0.3 is 11.8 Å². The number of methoxy groups -OCH3 is 1. The zero-order chi connectivity index (χ0) is 27.5. The number of ether oxygens (including phenoxy) is 2. The second-order valence-corrected chi connectivity index (χ2v) is 9.25. The van der Waals surface area contributed by atoms with Gasteiger partial charge in [-0.2, -0.15) is 5.10 Å². The third-order valence-electron chi connectivity index (χ3n) is 5.48. The number of nitrogens with one attached hydrogen (secondary N) is 3. The zero-order valence-electron chi connectivity index (χ0n) is 21.3. The van der Waals surface area contributed by atoms with Gasteiger partial charge in [-0.15, -0.1) is 0 Å². The molecule has 0 aliphatic carbocycles. The lowest BCUT2D eigenvalue weighted by Crippen LogP contribution is -2.32. The second-order valence-electron chi connectivity index (χ2n) is 8.09. The Hall–Kier alpha value is -3.93. The minimum Gasteiger partial charge on any atom is -0.493 e. The Kier molecular flexibility index (Phi) is 10.6. The van der Waals surface area contributed by atoms with Crippen LogP contribution in [0.5, 0.6) is 11.5 Å². The van der Waals surface area contributed by atoms with E-state index in [4.69, 9.17) is 9.47 Å². The molecule has 10 heteroatoms. The third-order valence-corrected chi connectivity index (χ3v) is 6.28. The summed E-state index contributed by atoms with van der Waals surface area (Å²) < 4.78 is 11.8. The van der Waals surface area contributed by atoms with E-state index in [2.05, 4.69) is 50.7 Å². The van der Waals surface area contributed by atoms with E-state index in [1.807, 2.05) is 43.3 Å². The lowest BCUT2D eigenvalue weighted by molar-refractivity contribution is -0.136.